The molecule has 7 heteroatoms. The molecule has 0 radical (unpaired) electrons. The molecular formula is C14H21BrN2O3S. The summed E-state index contributed by atoms with van der Waals surface area (Å²) in [5.74, 6) is 0. The summed E-state index contributed by atoms with van der Waals surface area (Å²) in [7, 11) is -3.56. The van der Waals surface area contributed by atoms with Crippen LogP contribution in [-0.2, 0) is 21.3 Å². The monoisotopic (exact) mass is 376 g/mol. The molecule has 1 aliphatic heterocycles. The Morgan fingerprint density at radius 3 is 2.43 bits per heavy atom. The summed E-state index contributed by atoms with van der Waals surface area (Å²) >= 11 is 3.40. The fraction of sp³-hybridized carbons (Fsp3) is 0.571. The second-order valence-corrected chi connectivity index (χ2v) is 8.21. The first-order valence-corrected chi connectivity index (χ1v) is 9.13. The molecule has 2 rings (SSSR count). The highest BCUT2D eigenvalue weighted by molar-refractivity contribution is 9.10. The number of morpholine rings is 1. The van der Waals surface area contributed by atoms with Crippen molar-refractivity contribution in [2.24, 2.45) is 5.73 Å². The maximum absolute atomic E-state index is 12.9. The van der Waals surface area contributed by atoms with E-state index in [2.05, 4.69) is 15.9 Å². The molecule has 1 saturated heterocycles. The van der Waals surface area contributed by atoms with Crippen molar-refractivity contribution in [1.82, 2.24) is 4.31 Å². The lowest BCUT2D eigenvalue weighted by molar-refractivity contribution is -0.0440. The summed E-state index contributed by atoms with van der Waals surface area (Å²) in [6.45, 7) is 6.68. The van der Waals surface area contributed by atoms with Gasteiger partial charge in [-0.05, 0) is 53.9 Å². The van der Waals surface area contributed by atoms with Crippen LogP contribution in [0.25, 0.3) is 0 Å². The normalized spacial score (nSPS) is 24.2. The van der Waals surface area contributed by atoms with E-state index in [1.807, 2.05) is 26.8 Å². The first-order valence-electron chi connectivity index (χ1n) is 6.90. The van der Waals surface area contributed by atoms with Crippen LogP contribution in [0.4, 0.5) is 0 Å². The second kappa shape index (κ2) is 6.34. The van der Waals surface area contributed by atoms with Gasteiger partial charge in [-0.2, -0.15) is 4.31 Å². The van der Waals surface area contributed by atoms with Crippen LogP contribution in [0.3, 0.4) is 0 Å². The molecule has 2 N–H and O–H groups in total. The summed E-state index contributed by atoms with van der Waals surface area (Å²) < 4.78 is 33.5. The molecule has 2 atom stereocenters. The number of sulfonamides is 1. The van der Waals surface area contributed by atoms with E-state index >= 15 is 0 Å². The lowest BCUT2D eigenvalue weighted by Gasteiger charge is -2.34. The van der Waals surface area contributed by atoms with Crippen molar-refractivity contribution in [3.8, 4) is 0 Å². The molecule has 1 fully saturated rings. The SMILES string of the molecule is Cc1cc(CN)cc(S(=O)(=O)N2C[C@@H](C)O[C@@H](C)C2)c1Br. The number of nitrogens with zero attached hydrogens (tertiary/aromatic N) is 1. The number of rotatable bonds is 3. The van der Waals surface area contributed by atoms with Crippen molar-refractivity contribution in [2.75, 3.05) is 13.1 Å². The maximum Gasteiger partial charge on any atom is 0.244 e. The first-order chi connectivity index (χ1) is 9.75. The molecule has 0 saturated carbocycles. The molecular weight excluding hydrogens is 356 g/mol. The highest BCUT2D eigenvalue weighted by Crippen LogP contribution is 2.31. The van der Waals surface area contributed by atoms with Gasteiger partial charge >= 0.3 is 0 Å². The van der Waals surface area contributed by atoms with Gasteiger partial charge in [0.1, 0.15) is 0 Å². The predicted octanol–water partition coefficient (Wildman–Crippen LogP) is 2.01. The third kappa shape index (κ3) is 3.48. The Kier molecular flexibility index (Phi) is 5.10. The van der Waals surface area contributed by atoms with Crippen LogP contribution in [0.1, 0.15) is 25.0 Å². The molecule has 1 heterocycles. The Hall–Kier alpha value is -0.470. The van der Waals surface area contributed by atoms with Gasteiger partial charge in [-0.1, -0.05) is 6.07 Å². The highest BCUT2D eigenvalue weighted by atomic mass is 79.9. The van der Waals surface area contributed by atoms with Gasteiger partial charge in [0.25, 0.3) is 0 Å². The summed E-state index contributed by atoms with van der Waals surface area (Å²) in [5.41, 5.74) is 7.34. The molecule has 5 nitrogen and oxygen atoms in total. The van der Waals surface area contributed by atoms with E-state index in [0.717, 1.165) is 11.1 Å². The Morgan fingerprint density at radius 2 is 1.90 bits per heavy atom. The molecule has 0 unspecified atom stereocenters. The molecule has 0 aromatic heterocycles. The number of benzene rings is 1. The fourth-order valence-corrected chi connectivity index (χ4v) is 5.20. The zero-order valence-corrected chi connectivity index (χ0v) is 14.9. The van der Waals surface area contributed by atoms with Crippen LogP contribution >= 0.6 is 15.9 Å². The third-order valence-corrected chi connectivity index (χ3v) is 6.69. The molecule has 1 aliphatic rings. The van der Waals surface area contributed by atoms with Crippen LogP contribution in [0.2, 0.25) is 0 Å². The van der Waals surface area contributed by atoms with Crippen molar-refractivity contribution in [3.63, 3.8) is 0 Å². The minimum atomic E-state index is -3.56. The molecule has 0 aliphatic carbocycles. The Balaban J connectivity index is 2.46. The Morgan fingerprint density at radius 1 is 1.33 bits per heavy atom. The number of ether oxygens (including phenoxy) is 1. The van der Waals surface area contributed by atoms with Crippen molar-refractivity contribution >= 4 is 26.0 Å². The Labute approximate surface area is 134 Å². The zero-order chi connectivity index (χ0) is 15.8. The predicted molar refractivity (Wildman–Crippen MR) is 85.5 cm³/mol. The smallest absolute Gasteiger partial charge is 0.244 e. The summed E-state index contributed by atoms with van der Waals surface area (Å²) in [6, 6.07) is 3.55. The number of nitrogens with two attached hydrogens (primary N) is 1. The van der Waals surface area contributed by atoms with Gasteiger partial charge in [0.05, 0.1) is 17.1 Å². The van der Waals surface area contributed by atoms with E-state index in [-0.39, 0.29) is 17.1 Å². The quantitative estimate of drug-likeness (QED) is 0.875. The first kappa shape index (κ1) is 16.9. The number of aryl methyl sites for hydroxylation is 1. The highest BCUT2D eigenvalue weighted by Gasteiger charge is 2.33. The van der Waals surface area contributed by atoms with Crippen LogP contribution in [0.5, 0.6) is 0 Å². The fourth-order valence-electron chi connectivity index (χ4n) is 2.58. The average molecular weight is 377 g/mol. The topological polar surface area (TPSA) is 72.6 Å². The summed E-state index contributed by atoms with van der Waals surface area (Å²) in [5, 5.41) is 0. The summed E-state index contributed by atoms with van der Waals surface area (Å²) in [6.07, 6.45) is -0.220. The van der Waals surface area contributed by atoms with Crippen molar-refractivity contribution in [2.45, 2.75) is 44.4 Å². The van der Waals surface area contributed by atoms with Gasteiger partial charge in [-0.3, -0.25) is 0 Å². The van der Waals surface area contributed by atoms with Gasteiger partial charge in [-0.15, -0.1) is 0 Å². The second-order valence-electron chi connectivity index (χ2n) is 5.51. The van der Waals surface area contributed by atoms with E-state index in [1.54, 1.807) is 6.07 Å². The third-order valence-electron chi connectivity index (χ3n) is 3.52. The maximum atomic E-state index is 12.9. The molecule has 21 heavy (non-hydrogen) atoms. The van der Waals surface area contributed by atoms with E-state index in [0.29, 0.717) is 24.1 Å². The van der Waals surface area contributed by atoms with Gasteiger partial charge in [0, 0.05) is 24.1 Å². The number of hydrogen-bond acceptors (Lipinski definition) is 4. The Bertz CT molecular complexity index is 623. The average Bonchev–Trinajstić information content (AvgIpc) is 2.40. The summed E-state index contributed by atoms with van der Waals surface area (Å²) in [4.78, 5) is 0.282. The van der Waals surface area contributed by atoms with Crippen LogP contribution in [0.15, 0.2) is 21.5 Å². The molecule has 118 valence electrons. The minimum Gasteiger partial charge on any atom is -0.373 e. The van der Waals surface area contributed by atoms with Gasteiger partial charge in [-0.25, -0.2) is 8.42 Å². The standard InChI is InChI=1S/C14H21BrN2O3S/c1-9-4-12(6-16)5-13(14(9)15)21(18,19)17-7-10(2)20-11(3)8-17/h4-5,10-11H,6-8,16H2,1-3H3/t10-,11+. The van der Waals surface area contributed by atoms with E-state index < -0.39 is 10.0 Å². The van der Waals surface area contributed by atoms with Crippen molar-refractivity contribution in [1.29, 1.82) is 0 Å². The largest absolute Gasteiger partial charge is 0.373 e. The lowest BCUT2D eigenvalue weighted by Crippen LogP contribution is -2.48. The number of halogens is 1. The van der Waals surface area contributed by atoms with Crippen LogP contribution in [0, 0.1) is 6.92 Å². The van der Waals surface area contributed by atoms with Crippen molar-refractivity contribution < 1.29 is 13.2 Å². The van der Waals surface area contributed by atoms with E-state index in [4.69, 9.17) is 10.5 Å². The number of hydrogen-bond donors (Lipinski definition) is 1. The molecule has 0 spiro atoms. The van der Waals surface area contributed by atoms with Crippen LogP contribution < -0.4 is 5.73 Å². The van der Waals surface area contributed by atoms with E-state index in [1.165, 1.54) is 4.31 Å². The molecule has 1 aromatic carbocycles. The lowest BCUT2D eigenvalue weighted by atomic mass is 10.1. The molecule has 0 bridgehead atoms. The van der Waals surface area contributed by atoms with Gasteiger partial charge in [0.2, 0.25) is 10.0 Å². The van der Waals surface area contributed by atoms with Gasteiger partial charge < -0.3 is 10.5 Å². The van der Waals surface area contributed by atoms with Gasteiger partial charge in [0.15, 0.2) is 0 Å². The van der Waals surface area contributed by atoms with E-state index in [9.17, 15) is 8.42 Å². The van der Waals surface area contributed by atoms with Crippen LogP contribution in [-0.4, -0.2) is 38.0 Å². The molecule has 1 aromatic rings. The molecule has 0 amide bonds. The zero-order valence-electron chi connectivity index (χ0n) is 12.5. The minimum absolute atomic E-state index is 0.110. The van der Waals surface area contributed by atoms with Crippen molar-refractivity contribution in [3.05, 3.63) is 27.7 Å².